The molecule has 2 aromatic rings. The number of hydrogen-bond donors (Lipinski definition) is 3. The smallest absolute Gasteiger partial charge is 0.165 e. The van der Waals surface area contributed by atoms with Crippen LogP contribution in [0.25, 0.3) is 11.2 Å². The molecule has 7 nitrogen and oxygen atoms in total. The zero-order chi connectivity index (χ0) is 13.4. The molecule has 0 aliphatic heterocycles. The molecule has 1 saturated carbocycles. The molecule has 2 atom stereocenters. The summed E-state index contributed by atoms with van der Waals surface area (Å²) in [6.45, 7) is 0.205. The average Bonchev–Trinajstić information content (AvgIpc) is 3.02. The molecule has 0 aromatic carbocycles. The van der Waals surface area contributed by atoms with E-state index >= 15 is 0 Å². The Hall–Kier alpha value is -1.73. The second-order valence-corrected chi connectivity index (χ2v) is 5.09. The summed E-state index contributed by atoms with van der Waals surface area (Å²) in [5.74, 6) is 0.637. The van der Waals surface area contributed by atoms with Crippen molar-refractivity contribution < 1.29 is 10.2 Å². The van der Waals surface area contributed by atoms with Crippen molar-refractivity contribution in [1.82, 2.24) is 19.5 Å². The zero-order valence-corrected chi connectivity index (χ0v) is 10.5. The second-order valence-electron chi connectivity index (χ2n) is 5.09. The first-order valence-corrected chi connectivity index (χ1v) is 6.39. The van der Waals surface area contributed by atoms with Crippen molar-refractivity contribution in [3.8, 4) is 0 Å². The van der Waals surface area contributed by atoms with Crippen LogP contribution in [0, 0.1) is 11.8 Å². The maximum absolute atomic E-state index is 9.36. The molecule has 19 heavy (non-hydrogen) atoms. The lowest BCUT2D eigenvalue weighted by atomic mass is 9.98. The van der Waals surface area contributed by atoms with Crippen molar-refractivity contribution in [3.05, 3.63) is 12.7 Å². The highest BCUT2D eigenvalue weighted by Crippen LogP contribution is 2.40. The van der Waals surface area contributed by atoms with Crippen LogP contribution in [-0.4, -0.2) is 42.9 Å². The number of nitrogens with two attached hydrogens (primary N) is 1. The fraction of sp³-hybridized carbons (Fsp3) is 0.583. The summed E-state index contributed by atoms with van der Waals surface area (Å²) in [7, 11) is 0. The van der Waals surface area contributed by atoms with Gasteiger partial charge in [0, 0.05) is 19.3 Å². The van der Waals surface area contributed by atoms with Gasteiger partial charge in [-0.05, 0) is 24.7 Å². The fourth-order valence-electron chi connectivity index (χ4n) is 2.99. The van der Waals surface area contributed by atoms with Crippen LogP contribution in [0.1, 0.15) is 18.9 Å². The van der Waals surface area contributed by atoms with E-state index < -0.39 is 0 Å². The predicted octanol–water partition coefficient (Wildman–Crippen LogP) is -0.0396. The number of aliphatic hydroxyl groups excluding tert-OH is 2. The van der Waals surface area contributed by atoms with Gasteiger partial charge in [0.15, 0.2) is 11.5 Å². The normalized spacial score (nSPS) is 24.3. The van der Waals surface area contributed by atoms with Crippen molar-refractivity contribution >= 4 is 17.0 Å². The number of nitrogen functional groups attached to an aromatic ring is 1. The maximum Gasteiger partial charge on any atom is 0.165 e. The molecule has 1 aliphatic rings. The minimum Gasteiger partial charge on any atom is -0.396 e. The third-order valence-electron chi connectivity index (χ3n) is 4.07. The SMILES string of the molecule is Nc1ncnc2c1ncn2C1C[C@H](CO)[C@@H](CO)C1. The number of nitrogens with zero attached hydrogens (tertiary/aromatic N) is 4. The first-order chi connectivity index (χ1) is 9.24. The van der Waals surface area contributed by atoms with Gasteiger partial charge in [0.1, 0.15) is 11.8 Å². The van der Waals surface area contributed by atoms with Crippen molar-refractivity contribution in [3.63, 3.8) is 0 Å². The Morgan fingerprint density at radius 1 is 1.16 bits per heavy atom. The van der Waals surface area contributed by atoms with E-state index in [-0.39, 0.29) is 31.1 Å². The number of fused-ring (bicyclic) bond motifs is 1. The molecular formula is C12H17N5O2. The van der Waals surface area contributed by atoms with Crippen LogP contribution < -0.4 is 5.73 Å². The van der Waals surface area contributed by atoms with Gasteiger partial charge in [-0.15, -0.1) is 0 Å². The van der Waals surface area contributed by atoms with E-state index in [1.807, 2.05) is 4.57 Å². The van der Waals surface area contributed by atoms with E-state index in [0.717, 1.165) is 12.8 Å². The minimum absolute atomic E-state index is 0.103. The van der Waals surface area contributed by atoms with Gasteiger partial charge in [-0.3, -0.25) is 0 Å². The van der Waals surface area contributed by atoms with Gasteiger partial charge in [0.2, 0.25) is 0 Å². The van der Waals surface area contributed by atoms with Gasteiger partial charge < -0.3 is 20.5 Å². The number of imidazole rings is 1. The Balaban J connectivity index is 1.95. The van der Waals surface area contributed by atoms with Gasteiger partial charge in [-0.1, -0.05) is 0 Å². The molecule has 102 valence electrons. The van der Waals surface area contributed by atoms with E-state index in [9.17, 15) is 10.2 Å². The summed E-state index contributed by atoms with van der Waals surface area (Å²) in [6, 6.07) is 0.189. The van der Waals surface area contributed by atoms with Gasteiger partial charge in [-0.2, -0.15) is 0 Å². The lowest BCUT2D eigenvalue weighted by molar-refractivity contribution is 0.141. The molecule has 7 heteroatoms. The summed E-state index contributed by atoms with van der Waals surface area (Å²) in [4.78, 5) is 12.4. The summed E-state index contributed by atoms with van der Waals surface area (Å²) in [5, 5.41) is 18.7. The van der Waals surface area contributed by atoms with Crippen molar-refractivity contribution in [2.75, 3.05) is 18.9 Å². The van der Waals surface area contributed by atoms with Crippen LogP contribution in [-0.2, 0) is 0 Å². The first kappa shape index (κ1) is 12.3. The van der Waals surface area contributed by atoms with E-state index in [0.29, 0.717) is 17.0 Å². The monoisotopic (exact) mass is 263 g/mol. The van der Waals surface area contributed by atoms with Crippen LogP contribution >= 0.6 is 0 Å². The maximum atomic E-state index is 9.36. The third-order valence-corrected chi connectivity index (χ3v) is 4.07. The molecule has 1 aliphatic carbocycles. The molecule has 4 N–H and O–H groups in total. The van der Waals surface area contributed by atoms with E-state index in [1.54, 1.807) is 6.33 Å². The van der Waals surface area contributed by atoms with E-state index in [2.05, 4.69) is 15.0 Å². The molecule has 0 saturated heterocycles. The second kappa shape index (κ2) is 4.75. The number of aliphatic hydroxyl groups is 2. The topological polar surface area (TPSA) is 110 Å². The Labute approximate surface area is 110 Å². The standard InChI is InChI=1S/C12H17N5O2/c13-11-10-12(15-5-14-11)17(6-16-10)9-1-7(3-18)8(2-9)4-19/h5-9,18-19H,1-4H2,(H2,13,14,15)/t7-,8-/m1/s1. The molecule has 2 aromatic heterocycles. The Kier molecular flexibility index (Phi) is 3.08. The van der Waals surface area contributed by atoms with E-state index in [1.165, 1.54) is 6.33 Å². The average molecular weight is 263 g/mol. The number of anilines is 1. The number of rotatable bonds is 3. The quantitative estimate of drug-likeness (QED) is 0.716. The summed E-state index contributed by atoms with van der Waals surface area (Å²) in [5.41, 5.74) is 7.09. The van der Waals surface area contributed by atoms with Gasteiger partial charge in [0.05, 0.1) is 6.33 Å². The molecule has 1 fully saturated rings. The highest BCUT2D eigenvalue weighted by molar-refractivity contribution is 5.81. The minimum atomic E-state index is 0.103. The lowest BCUT2D eigenvalue weighted by Gasteiger charge is -2.12. The molecule has 0 bridgehead atoms. The molecule has 0 amide bonds. The number of hydrogen-bond acceptors (Lipinski definition) is 6. The van der Waals surface area contributed by atoms with Crippen LogP contribution in [0.5, 0.6) is 0 Å². The van der Waals surface area contributed by atoms with Crippen molar-refractivity contribution in [2.24, 2.45) is 11.8 Å². The molecular weight excluding hydrogens is 246 g/mol. The lowest BCUT2D eigenvalue weighted by Crippen LogP contribution is -2.15. The van der Waals surface area contributed by atoms with Crippen LogP contribution in [0.3, 0.4) is 0 Å². The van der Waals surface area contributed by atoms with Crippen molar-refractivity contribution in [2.45, 2.75) is 18.9 Å². The molecule has 0 spiro atoms. The van der Waals surface area contributed by atoms with Gasteiger partial charge >= 0.3 is 0 Å². The van der Waals surface area contributed by atoms with E-state index in [4.69, 9.17) is 5.73 Å². The summed E-state index contributed by atoms with van der Waals surface area (Å²) >= 11 is 0. The Bertz CT molecular complexity index is 573. The summed E-state index contributed by atoms with van der Waals surface area (Å²) < 4.78 is 1.98. The zero-order valence-electron chi connectivity index (χ0n) is 10.5. The number of aromatic nitrogens is 4. The Morgan fingerprint density at radius 2 is 1.84 bits per heavy atom. The third kappa shape index (κ3) is 1.95. The van der Waals surface area contributed by atoms with Crippen LogP contribution in [0.4, 0.5) is 5.82 Å². The molecule has 2 heterocycles. The van der Waals surface area contributed by atoms with Crippen LogP contribution in [0.15, 0.2) is 12.7 Å². The van der Waals surface area contributed by atoms with Gasteiger partial charge in [0.25, 0.3) is 0 Å². The van der Waals surface area contributed by atoms with Crippen molar-refractivity contribution in [1.29, 1.82) is 0 Å². The fourth-order valence-corrected chi connectivity index (χ4v) is 2.99. The summed E-state index contributed by atoms with van der Waals surface area (Å²) in [6.07, 6.45) is 4.78. The molecule has 0 radical (unpaired) electrons. The molecule has 3 rings (SSSR count). The van der Waals surface area contributed by atoms with Crippen LogP contribution in [0.2, 0.25) is 0 Å². The first-order valence-electron chi connectivity index (χ1n) is 6.39. The largest absolute Gasteiger partial charge is 0.396 e. The Morgan fingerprint density at radius 3 is 2.47 bits per heavy atom. The predicted molar refractivity (Wildman–Crippen MR) is 69.2 cm³/mol. The highest BCUT2D eigenvalue weighted by atomic mass is 16.3. The molecule has 0 unspecified atom stereocenters. The van der Waals surface area contributed by atoms with Gasteiger partial charge in [-0.25, -0.2) is 15.0 Å². The highest BCUT2D eigenvalue weighted by Gasteiger charge is 2.35.